The number of methoxy groups -OCH3 is 1. The van der Waals surface area contributed by atoms with Crippen LogP contribution in [0.15, 0.2) is 48.6 Å². The monoisotopic (exact) mass is 838 g/mol. The quantitative estimate of drug-likeness (QED) is 0.0515. The van der Waals surface area contributed by atoms with Crippen LogP contribution in [0.5, 0.6) is 11.5 Å². The number of nitrogens with one attached hydrogen (secondary N) is 2. The highest BCUT2D eigenvalue weighted by molar-refractivity contribution is 6.05. The number of aliphatic hydroxyl groups is 1. The first-order chi connectivity index (χ1) is 29.4. The molecule has 0 fully saturated rings. The number of carbonyl (C=O) groups excluding carboxylic acids is 4. The lowest BCUT2D eigenvalue weighted by molar-refractivity contribution is 0.0991. The summed E-state index contributed by atoms with van der Waals surface area (Å²) in [4.78, 5) is 61.7. The van der Waals surface area contributed by atoms with E-state index in [1.54, 1.807) is 51.6 Å². The highest BCUT2D eigenvalue weighted by atomic mass is 16.5. The minimum atomic E-state index is -0.703. The SMILES string of the molecule is CCn1nc(C)cc1C(=O)Nc1nc2cc(C(N)=O)cc(OCCCO)c2n1CC=CCn1c(NC(=O)c2cc(C)nn2CC)nc2cc(C(N)=O)cc(OCCCOC)c21. The number of carbonyl (C=O) groups is 4. The summed E-state index contributed by atoms with van der Waals surface area (Å²) >= 11 is 0. The number of anilines is 2. The summed E-state index contributed by atoms with van der Waals surface area (Å²) in [5, 5.41) is 24.1. The van der Waals surface area contributed by atoms with Gasteiger partial charge in [0.05, 0.1) is 35.6 Å². The van der Waals surface area contributed by atoms with Crippen LogP contribution >= 0.6 is 0 Å². The Hall–Kier alpha value is -7.06. The summed E-state index contributed by atoms with van der Waals surface area (Å²) in [7, 11) is 1.59. The molecule has 0 aliphatic heterocycles. The van der Waals surface area contributed by atoms with Crippen molar-refractivity contribution >= 4 is 57.6 Å². The van der Waals surface area contributed by atoms with Crippen molar-refractivity contribution in [3.8, 4) is 11.5 Å². The molecule has 20 nitrogen and oxygen atoms in total. The van der Waals surface area contributed by atoms with Gasteiger partial charge in [0.1, 0.15) is 33.9 Å². The Morgan fingerprint density at radius 3 is 1.52 bits per heavy atom. The molecule has 6 aromatic rings. The van der Waals surface area contributed by atoms with Crippen molar-refractivity contribution in [1.29, 1.82) is 0 Å². The van der Waals surface area contributed by atoms with Gasteiger partial charge in [0.25, 0.3) is 11.8 Å². The first-order valence-corrected chi connectivity index (χ1v) is 19.8. The van der Waals surface area contributed by atoms with Crippen molar-refractivity contribution in [1.82, 2.24) is 38.7 Å². The average molecular weight is 839 g/mol. The molecule has 0 spiro atoms. The molecule has 4 heterocycles. The van der Waals surface area contributed by atoms with Gasteiger partial charge in [0, 0.05) is 70.5 Å². The average Bonchev–Trinajstić information content (AvgIpc) is 4.00. The standard InChI is InChI=1S/C41H50N12O8/c1-6-52-30(18-24(3)48-52)38(57)46-40-44-28-20-26(36(42)55)22-32(60-16-10-14-54)34(28)50(40)12-8-9-13-51-35-29(21-27(37(43)56)23-33(35)61-17-11-15-59-5)45-41(51)47-39(58)31-19-25(4)49-53(31)7-2/h8-9,18-23,54H,6-7,10-17H2,1-5H3,(H2,42,55)(H2,43,56)(H,44,46,57)(H,45,47,58). The van der Waals surface area contributed by atoms with Crippen molar-refractivity contribution in [3.05, 3.63) is 82.5 Å². The van der Waals surface area contributed by atoms with Crippen molar-refractivity contribution < 1.29 is 38.5 Å². The molecule has 0 saturated heterocycles. The van der Waals surface area contributed by atoms with Crippen molar-refractivity contribution in [3.63, 3.8) is 0 Å². The van der Waals surface area contributed by atoms with Crippen LogP contribution in [-0.2, 0) is 30.9 Å². The van der Waals surface area contributed by atoms with E-state index in [0.29, 0.717) is 83.1 Å². The molecule has 7 N–H and O–H groups in total. The van der Waals surface area contributed by atoms with Gasteiger partial charge in [-0.15, -0.1) is 0 Å². The number of nitrogens with zero attached hydrogens (tertiary/aromatic N) is 8. The summed E-state index contributed by atoms with van der Waals surface area (Å²) in [6, 6.07) is 9.44. The van der Waals surface area contributed by atoms with Gasteiger partial charge < -0.3 is 39.9 Å². The van der Waals surface area contributed by atoms with E-state index in [4.69, 9.17) is 35.6 Å². The lowest BCUT2D eigenvalue weighted by Gasteiger charge is -2.14. The summed E-state index contributed by atoms with van der Waals surface area (Å²) in [6.07, 6.45) is 4.52. The molecule has 4 amide bonds. The highest BCUT2D eigenvalue weighted by Crippen LogP contribution is 2.33. The van der Waals surface area contributed by atoms with Crippen LogP contribution in [0.25, 0.3) is 22.1 Å². The molecule has 20 heteroatoms. The normalized spacial score (nSPS) is 11.5. The van der Waals surface area contributed by atoms with Gasteiger partial charge >= 0.3 is 0 Å². The van der Waals surface area contributed by atoms with Gasteiger partial charge in [-0.3, -0.25) is 39.2 Å². The van der Waals surface area contributed by atoms with E-state index in [9.17, 15) is 24.3 Å². The number of rotatable bonds is 21. The number of ether oxygens (including phenoxy) is 3. The molecule has 2 aromatic carbocycles. The number of primary amides is 2. The minimum Gasteiger partial charge on any atom is -0.491 e. The van der Waals surface area contributed by atoms with Crippen LogP contribution in [0.2, 0.25) is 0 Å². The molecule has 61 heavy (non-hydrogen) atoms. The molecule has 0 aliphatic rings. The van der Waals surface area contributed by atoms with E-state index >= 15 is 0 Å². The van der Waals surface area contributed by atoms with E-state index in [2.05, 4.69) is 20.8 Å². The van der Waals surface area contributed by atoms with Crippen molar-refractivity contribution in [2.24, 2.45) is 11.5 Å². The fraction of sp³-hybridized carbons (Fsp3) is 0.366. The van der Waals surface area contributed by atoms with Gasteiger partial charge in [0.2, 0.25) is 23.7 Å². The van der Waals surface area contributed by atoms with E-state index < -0.39 is 23.6 Å². The second kappa shape index (κ2) is 19.3. The van der Waals surface area contributed by atoms with E-state index in [1.165, 1.54) is 24.3 Å². The molecule has 0 saturated carbocycles. The number of imidazole rings is 2. The second-order valence-corrected chi connectivity index (χ2v) is 14.0. The van der Waals surface area contributed by atoms with Crippen molar-refractivity contribution in [2.45, 2.75) is 66.7 Å². The number of fused-ring (bicyclic) bond motifs is 2. The third-order valence-corrected chi connectivity index (χ3v) is 9.55. The first-order valence-electron chi connectivity index (χ1n) is 19.8. The zero-order valence-corrected chi connectivity index (χ0v) is 34.7. The Morgan fingerprint density at radius 1 is 0.689 bits per heavy atom. The van der Waals surface area contributed by atoms with Gasteiger partial charge in [-0.1, -0.05) is 12.2 Å². The fourth-order valence-electron chi connectivity index (χ4n) is 6.77. The number of hydrogen-bond donors (Lipinski definition) is 5. The zero-order valence-electron chi connectivity index (χ0n) is 34.7. The van der Waals surface area contributed by atoms with Gasteiger partial charge in [-0.25, -0.2) is 9.97 Å². The number of aliphatic hydroxyl groups excluding tert-OH is 1. The minimum absolute atomic E-state index is 0.122. The summed E-state index contributed by atoms with van der Waals surface area (Å²) in [5.41, 5.74) is 15.3. The van der Waals surface area contributed by atoms with Crippen LogP contribution in [0.1, 0.15) is 79.8 Å². The number of hydrogen-bond acceptors (Lipinski definition) is 12. The van der Waals surface area contributed by atoms with Crippen LogP contribution in [0, 0.1) is 13.8 Å². The maximum atomic E-state index is 13.7. The number of aromatic nitrogens is 8. The summed E-state index contributed by atoms with van der Waals surface area (Å²) < 4.78 is 24.0. The largest absolute Gasteiger partial charge is 0.491 e. The Morgan fingerprint density at radius 2 is 1.13 bits per heavy atom. The third-order valence-electron chi connectivity index (χ3n) is 9.55. The lowest BCUT2D eigenvalue weighted by Crippen LogP contribution is -2.20. The molecule has 0 radical (unpaired) electrons. The fourth-order valence-corrected chi connectivity index (χ4v) is 6.77. The summed E-state index contributed by atoms with van der Waals surface area (Å²) in [6.45, 7) is 9.22. The molecule has 6 rings (SSSR count). The second-order valence-electron chi connectivity index (χ2n) is 14.0. The van der Waals surface area contributed by atoms with Crippen LogP contribution in [0.3, 0.4) is 0 Å². The van der Waals surface area contributed by atoms with Crippen LogP contribution in [-0.4, -0.2) is 101 Å². The number of nitrogens with two attached hydrogens (primary N) is 2. The number of allylic oxidation sites excluding steroid dienone is 2. The molecular formula is C41H50N12O8. The predicted molar refractivity (Wildman–Crippen MR) is 226 cm³/mol. The highest BCUT2D eigenvalue weighted by Gasteiger charge is 2.24. The number of aryl methyl sites for hydroxylation is 4. The third kappa shape index (κ3) is 9.71. The van der Waals surface area contributed by atoms with Crippen LogP contribution < -0.4 is 31.6 Å². The summed E-state index contributed by atoms with van der Waals surface area (Å²) in [5.74, 6) is -1.40. The Bertz CT molecular complexity index is 2620. The Labute approximate surface area is 350 Å². The maximum absolute atomic E-state index is 13.7. The number of amides is 4. The number of benzene rings is 2. The molecule has 322 valence electrons. The van der Waals surface area contributed by atoms with E-state index in [-0.39, 0.29) is 61.7 Å². The Kier molecular flexibility index (Phi) is 13.8. The van der Waals surface area contributed by atoms with E-state index in [1.807, 2.05) is 26.0 Å². The van der Waals surface area contributed by atoms with Crippen LogP contribution in [0.4, 0.5) is 11.9 Å². The molecule has 4 aromatic heterocycles. The molecule has 0 aliphatic carbocycles. The van der Waals surface area contributed by atoms with E-state index in [0.717, 1.165) is 0 Å². The first kappa shape index (κ1) is 43.5. The van der Waals surface area contributed by atoms with Crippen molar-refractivity contribution in [2.75, 3.05) is 44.2 Å². The van der Waals surface area contributed by atoms with Gasteiger partial charge in [-0.05, 0) is 64.1 Å². The molecule has 0 atom stereocenters. The molecular weight excluding hydrogens is 789 g/mol. The topological polar surface area (TPSA) is 264 Å². The Balaban J connectivity index is 1.43. The van der Waals surface area contributed by atoms with Gasteiger partial charge in [-0.2, -0.15) is 10.2 Å². The zero-order chi connectivity index (χ0) is 43.8. The predicted octanol–water partition coefficient (Wildman–Crippen LogP) is 3.57. The molecule has 0 unspecified atom stereocenters. The lowest BCUT2D eigenvalue weighted by atomic mass is 10.1. The maximum Gasteiger partial charge on any atom is 0.276 e. The molecule has 0 bridgehead atoms. The van der Waals surface area contributed by atoms with Gasteiger partial charge in [0.15, 0.2) is 0 Å². The smallest absolute Gasteiger partial charge is 0.276 e.